The second-order valence-electron chi connectivity index (χ2n) is 8.54. The SMILES string of the molecule is CCCCCN(CCCCC)CC(C)NC(=O)c1ccc(COc2c(Cl)c(Cl)c(Cl)c(Cl)c2Cl)o1. The van der Waals surface area contributed by atoms with Gasteiger partial charge in [-0.2, -0.15) is 0 Å². The van der Waals surface area contributed by atoms with Crippen molar-refractivity contribution in [1.82, 2.24) is 10.2 Å². The molecule has 0 bridgehead atoms. The topological polar surface area (TPSA) is 54.7 Å². The van der Waals surface area contributed by atoms with Crippen molar-refractivity contribution in [3.8, 4) is 5.75 Å². The van der Waals surface area contributed by atoms with Crippen molar-refractivity contribution in [3.63, 3.8) is 0 Å². The van der Waals surface area contributed by atoms with Crippen LogP contribution in [0, 0.1) is 0 Å². The molecule has 5 nitrogen and oxygen atoms in total. The highest BCUT2D eigenvalue weighted by Crippen LogP contribution is 2.48. The second-order valence-corrected chi connectivity index (χ2v) is 10.4. The molecule has 1 heterocycles. The molecule has 0 radical (unpaired) electrons. The molecule has 0 spiro atoms. The predicted octanol–water partition coefficient (Wildman–Crippen LogP) is 8.93. The van der Waals surface area contributed by atoms with Gasteiger partial charge in [-0.05, 0) is 45.0 Å². The Morgan fingerprint density at radius 3 is 2.00 bits per heavy atom. The van der Waals surface area contributed by atoms with Gasteiger partial charge in [-0.15, -0.1) is 0 Å². The Labute approximate surface area is 233 Å². The molecule has 1 aromatic heterocycles. The van der Waals surface area contributed by atoms with Gasteiger partial charge in [0.15, 0.2) is 11.5 Å². The minimum absolute atomic E-state index is 0.0217. The second kappa shape index (κ2) is 15.4. The summed E-state index contributed by atoms with van der Waals surface area (Å²) in [5, 5.41) is 3.27. The van der Waals surface area contributed by atoms with Crippen molar-refractivity contribution in [2.24, 2.45) is 0 Å². The van der Waals surface area contributed by atoms with Gasteiger partial charge in [0.1, 0.15) is 22.4 Å². The Morgan fingerprint density at radius 2 is 1.46 bits per heavy atom. The molecule has 196 valence electrons. The van der Waals surface area contributed by atoms with E-state index in [1.54, 1.807) is 12.1 Å². The first-order valence-corrected chi connectivity index (χ1v) is 13.8. The highest BCUT2D eigenvalue weighted by molar-refractivity contribution is 6.55. The number of halogens is 5. The van der Waals surface area contributed by atoms with E-state index < -0.39 is 0 Å². The smallest absolute Gasteiger partial charge is 0.287 e. The van der Waals surface area contributed by atoms with E-state index >= 15 is 0 Å². The normalized spacial score (nSPS) is 12.3. The summed E-state index contributed by atoms with van der Waals surface area (Å²) in [5.41, 5.74) is 0. The van der Waals surface area contributed by atoms with Gasteiger partial charge in [-0.25, -0.2) is 0 Å². The van der Waals surface area contributed by atoms with E-state index in [-0.39, 0.29) is 55.2 Å². The van der Waals surface area contributed by atoms with Crippen molar-refractivity contribution >= 4 is 63.9 Å². The quantitative estimate of drug-likeness (QED) is 0.129. The molecule has 0 aliphatic carbocycles. The largest absolute Gasteiger partial charge is 0.482 e. The molecule has 1 atom stereocenters. The van der Waals surface area contributed by atoms with Crippen molar-refractivity contribution in [2.45, 2.75) is 71.9 Å². The maximum Gasteiger partial charge on any atom is 0.287 e. The molecule has 1 aromatic carbocycles. The lowest BCUT2D eigenvalue weighted by Crippen LogP contribution is -2.42. The molecule has 1 N–H and O–H groups in total. The number of hydrogen-bond donors (Lipinski definition) is 1. The molecule has 2 rings (SSSR count). The van der Waals surface area contributed by atoms with E-state index in [0.29, 0.717) is 5.76 Å². The Kier molecular flexibility index (Phi) is 13.4. The maximum atomic E-state index is 12.7. The summed E-state index contributed by atoms with van der Waals surface area (Å²) >= 11 is 30.5. The molecule has 0 saturated carbocycles. The molecular formula is C25H33Cl5N2O3. The maximum absolute atomic E-state index is 12.7. The lowest BCUT2D eigenvalue weighted by atomic mass is 10.2. The Balaban J connectivity index is 1.94. The summed E-state index contributed by atoms with van der Waals surface area (Å²) in [6.07, 6.45) is 7.15. The highest BCUT2D eigenvalue weighted by atomic mass is 35.5. The standard InChI is InChI=1S/C25H33Cl5N2O3/c1-4-6-8-12-32(13-9-7-5-2)14-16(3)31-25(33)18-11-10-17(35-18)15-34-24-22(29)20(27)19(26)21(28)23(24)30/h10-11,16H,4-9,12-15H2,1-3H3,(H,31,33). The van der Waals surface area contributed by atoms with E-state index in [0.717, 1.165) is 19.6 Å². The Morgan fingerprint density at radius 1 is 0.914 bits per heavy atom. The third-order valence-corrected chi connectivity index (χ3v) is 7.72. The van der Waals surface area contributed by atoms with E-state index in [9.17, 15) is 4.79 Å². The van der Waals surface area contributed by atoms with Crippen LogP contribution in [-0.2, 0) is 6.61 Å². The van der Waals surface area contributed by atoms with Gasteiger partial charge in [0, 0.05) is 12.6 Å². The molecule has 35 heavy (non-hydrogen) atoms. The van der Waals surface area contributed by atoms with Crippen molar-refractivity contribution in [2.75, 3.05) is 19.6 Å². The van der Waals surface area contributed by atoms with E-state index in [2.05, 4.69) is 24.1 Å². The fourth-order valence-electron chi connectivity index (χ4n) is 3.63. The average Bonchev–Trinajstić information content (AvgIpc) is 3.31. The summed E-state index contributed by atoms with van der Waals surface area (Å²) in [5.74, 6) is 0.427. The van der Waals surface area contributed by atoms with E-state index in [1.807, 2.05) is 6.92 Å². The van der Waals surface area contributed by atoms with Gasteiger partial charge >= 0.3 is 0 Å². The molecule has 2 aromatic rings. The van der Waals surface area contributed by atoms with Crippen molar-refractivity contribution < 1.29 is 13.9 Å². The molecular weight excluding hydrogens is 554 g/mol. The third-order valence-electron chi connectivity index (χ3n) is 5.48. The zero-order chi connectivity index (χ0) is 26.0. The van der Waals surface area contributed by atoms with Crippen molar-refractivity contribution in [1.29, 1.82) is 0 Å². The number of ether oxygens (including phenoxy) is 1. The number of nitrogens with one attached hydrogen (secondary N) is 1. The van der Waals surface area contributed by atoms with Gasteiger partial charge in [0.25, 0.3) is 5.91 Å². The minimum Gasteiger partial charge on any atom is -0.482 e. The van der Waals surface area contributed by atoms with Crippen LogP contribution in [0.3, 0.4) is 0 Å². The molecule has 0 aliphatic rings. The van der Waals surface area contributed by atoms with Gasteiger partial charge < -0.3 is 19.4 Å². The van der Waals surface area contributed by atoms with Crippen LogP contribution in [0.25, 0.3) is 0 Å². The predicted molar refractivity (Wildman–Crippen MR) is 147 cm³/mol. The van der Waals surface area contributed by atoms with Crippen LogP contribution in [-0.4, -0.2) is 36.5 Å². The zero-order valence-electron chi connectivity index (χ0n) is 20.4. The molecule has 0 fully saturated rings. The fourth-order valence-corrected chi connectivity index (χ4v) is 4.86. The van der Waals surface area contributed by atoms with Crippen LogP contribution < -0.4 is 10.1 Å². The molecule has 1 unspecified atom stereocenters. The lowest BCUT2D eigenvalue weighted by molar-refractivity contribution is 0.0896. The Hall–Kier alpha value is -0.820. The molecule has 0 aliphatic heterocycles. The van der Waals surface area contributed by atoms with Crippen LogP contribution in [0.15, 0.2) is 16.5 Å². The summed E-state index contributed by atoms with van der Waals surface area (Å²) in [6, 6.07) is 3.24. The van der Waals surface area contributed by atoms with Crippen molar-refractivity contribution in [3.05, 3.63) is 48.8 Å². The van der Waals surface area contributed by atoms with E-state index in [1.165, 1.54) is 38.5 Å². The van der Waals surface area contributed by atoms with Gasteiger partial charge in [0.2, 0.25) is 0 Å². The van der Waals surface area contributed by atoms with Gasteiger partial charge in [0.05, 0.1) is 15.1 Å². The number of carbonyl (C=O) groups excluding carboxylic acids is 1. The number of carbonyl (C=O) groups is 1. The first-order chi connectivity index (χ1) is 16.7. The summed E-state index contributed by atoms with van der Waals surface area (Å²) in [7, 11) is 0. The summed E-state index contributed by atoms with van der Waals surface area (Å²) < 4.78 is 11.3. The summed E-state index contributed by atoms with van der Waals surface area (Å²) in [6.45, 7) is 9.28. The first kappa shape index (κ1) is 30.4. The first-order valence-electron chi connectivity index (χ1n) is 12.0. The molecule has 10 heteroatoms. The number of nitrogens with zero attached hydrogens (tertiary/aromatic N) is 1. The van der Waals surface area contributed by atoms with E-state index in [4.69, 9.17) is 67.2 Å². The number of benzene rings is 1. The number of unbranched alkanes of at least 4 members (excludes halogenated alkanes) is 4. The minimum atomic E-state index is -0.278. The van der Waals surface area contributed by atoms with Crippen LogP contribution in [0.1, 0.15) is 75.6 Å². The van der Waals surface area contributed by atoms with Crippen LogP contribution in [0.4, 0.5) is 0 Å². The summed E-state index contributed by atoms with van der Waals surface area (Å²) in [4.78, 5) is 15.2. The average molecular weight is 587 g/mol. The highest BCUT2D eigenvalue weighted by Gasteiger charge is 2.21. The number of furan rings is 1. The fraction of sp³-hybridized carbons (Fsp3) is 0.560. The van der Waals surface area contributed by atoms with Crippen LogP contribution in [0.2, 0.25) is 25.1 Å². The number of hydrogen-bond acceptors (Lipinski definition) is 4. The van der Waals surface area contributed by atoms with Crippen LogP contribution in [0.5, 0.6) is 5.75 Å². The van der Waals surface area contributed by atoms with Gasteiger partial charge in [-0.1, -0.05) is 97.5 Å². The third kappa shape index (κ3) is 9.21. The zero-order valence-corrected chi connectivity index (χ0v) is 24.1. The van der Waals surface area contributed by atoms with Crippen LogP contribution >= 0.6 is 58.0 Å². The lowest BCUT2D eigenvalue weighted by Gasteiger charge is -2.26. The number of amides is 1. The molecule has 0 saturated heterocycles. The Bertz CT molecular complexity index is 928. The monoisotopic (exact) mass is 584 g/mol. The number of rotatable bonds is 15. The van der Waals surface area contributed by atoms with Gasteiger partial charge in [-0.3, -0.25) is 4.79 Å². The molecule has 1 amide bonds.